The van der Waals surface area contributed by atoms with Crippen molar-refractivity contribution in [3.8, 4) is 0 Å². The average Bonchev–Trinajstić information content (AvgIpc) is 3.18. The Kier molecular flexibility index (Phi) is 9.82. The molecule has 0 aromatic rings. The van der Waals surface area contributed by atoms with E-state index in [1.807, 2.05) is 0 Å². The van der Waals surface area contributed by atoms with Crippen LogP contribution in [0.5, 0.6) is 0 Å². The second-order valence-electron chi connectivity index (χ2n) is 7.11. The Bertz CT molecular complexity index is 729. The highest BCUT2D eigenvalue weighted by atomic mass is 16.4. The maximum atomic E-state index is 12.8. The normalized spacial score (nSPS) is 18.5. The number of carbonyl (C=O) groups is 6. The van der Waals surface area contributed by atoms with Crippen molar-refractivity contribution < 1.29 is 39.0 Å². The van der Waals surface area contributed by atoms with Crippen LogP contribution in [0.25, 0.3) is 0 Å². The Labute approximate surface area is 177 Å². The van der Waals surface area contributed by atoms with Gasteiger partial charge in [-0.3, -0.25) is 24.0 Å². The van der Waals surface area contributed by atoms with Crippen LogP contribution in [-0.2, 0) is 28.8 Å². The molecule has 1 aliphatic heterocycles. The third-order valence-electron chi connectivity index (χ3n) is 4.69. The first-order chi connectivity index (χ1) is 14.5. The topological polar surface area (TPSA) is 248 Å². The van der Waals surface area contributed by atoms with Crippen LogP contribution in [0.1, 0.15) is 32.1 Å². The highest BCUT2D eigenvalue weighted by Gasteiger charge is 2.39. The number of aliphatic hydroxyl groups excluding tert-OH is 1. The smallest absolute Gasteiger partial charge is 0.326 e. The standard InChI is InChI=1S/C17H28N6O8/c18-8(7-24)14(27)21-9(3-4-12(19)25)15(28)22-10(6-13(20)26)16(29)23-5-1-2-11(23)17(30)31/h8-11,24H,1-7,18H2,(H2,19,25)(H2,20,26)(H,21,27)(H,22,28)(H,30,31). The molecule has 14 nitrogen and oxygen atoms in total. The lowest BCUT2D eigenvalue weighted by Crippen LogP contribution is -2.58. The predicted octanol–water partition coefficient (Wildman–Crippen LogP) is -4.51. The number of nitrogens with one attached hydrogen (secondary N) is 2. The summed E-state index contributed by atoms with van der Waals surface area (Å²) in [5.74, 6) is -5.56. The number of aliphatic hydroxyl groups is 1. The van der Waals surface area contributed by atoms with E-state index in [2.05, 4.69) is 10.6 Å². The molecule has 5 amide bonds. The summed E-state index contributed by atoms with van der Waals surface area (Å²) in [5, 5.41) is 22.8. The summed E-state index contributed by atoms with van der Waals surface area (Å²) in [6.07, 6.45) is -0.511. The van der Waals surface area contributed by atoms with Gasteiger partial charge in [0, 0.05) is 13.0 Å². The molecule has 0 bridgehead atoms. The number of aliphatic carboxylic acids is 1. The van der Waals surface area contributed by atoms with Crippen LogP contribution in [0.15, 0.2) is 0 Å². The molecular weight excluding hydrogens is 416 g/mol. The second kappa shape index (κ2) is 11.8. The Morgan fingerprint density at radius 1 is 1.00 bits per heavy atom. The molecular formula is C17H28N6O8. The number of carboxylic acids is 1. The second-order valence-corrected chi connectivity index (χ2v) is 7.11. The fourth-order valence-corrected chi connectivity index (χ4v) is 3.08. The van der Waals surface area contributed by atoms with Crippen molar-refractivity contribution in [3.63, 3.8) is 0 Å². The van der Waals surface area contributed by atoms with E-state index in [-0.39, 0.29) is 25.8 Å². The fraction of sp³-hybridized carbons (Fsp3) is 0.647. The number of nitrogens with two attached hydrogens (primary N) is 3. The number of hydrogen-bond acceptors (Lipinski definition) is 8. The summed E-state index contributed by atoms with van der Waals surface area (Å²) >= 11 is 0. The number of carbonyl (C=O) groups excluding carboxylic acids is 5. The van der Waals surface area contributed by atoms with Crippen molar-refractivity contribution in [1.29, 1.82) is 0 Å². The van der Waals surface area contributed by atoms with Crippen LogP contribution in [0.2, 0.25) is 0 Å². The molecule has 0 aliphatic carbocycles. The Morgan fingerprint density at radius 3 is 2.13 bits per heavy atom. The van der Waals surface area contributed by atoms with Gasteiger partial charge in [0.25, 0.3) is 0 Å². The van der Waals surface area contributed by atoms with E-state index in [0.717, 1.165) is 4.90 Å². The third kappa shape index (κ3) is 7.82. The molecule has 10 N–H and O–H groups in total. The van der Waals surface area contributed by atoms with Crippen LogP contribution >= 0.6 is 0 Å². The van der Waals surface area contributed by atoms with Gasteiger partial charge < -0.3 is 42.9 Å². The van der Waals surface area contributed by atoms with Gasteiger partial charge in [-0.25, -0.2) is 4.79 Å². The number of primary amides is 2. The maximum Gasteiger partial charge on any atom is 0.326 e. The summed E-state index contributed by atoms with van der Waals surface area (Å²) in [7, 11) is 0. The Balaban J connectivity index is 3.02. The van der Waals surface area contributed by atoms with E-state index in [1.165, 1.54) is 0 Å². The first-order valence-electron chi connectivity index (χ1n) is 9.55. The van der Waals surface area contributed by atoms with Crippen LogP contribution in [0.4, 0.5) is 0 Å². The minimum atomic E-state index is -1.48. The highest BCUT2D eigenvalue weighted by molar-refractivity contribution is 5.96. The molecule has 174 valence electrons. The van der Waals surface area contributed by atoms with Gasteiger partial charge in [-0.05, 0) is 19.3 Å². The molecule has 14 heteroatoms. The molecule has 0 spiro atoms. The molecule has 4 atom stereocenters. The molecule has 1 aliphatic rings. The van der Waals surface area contributed by atoms with Crippen molar-refractivity contribution in [1.82, 2.24) is 15.5 Å². The van der Waals surface area contributed by atoms with Crippen LogP contribution in [0, 0.1) is 0 Å². The molecule has 1 saturated heterocycles. The lowest BCUT2D eigenvalue weighted by Gasteiger charge is -2.28. The molecule has 0 saturated carbocycles. The molecule has 1 rings (SSSR count). The molecule has 0 aromatic heterocycles. The lowest BCUT2D eigenvalue weighted by atomic mass is 10.1. The van der Waals surface area contributed by atoms with Gasteiger partial charge >= 0.3 is 5.97 Å². The highest BCUT2D eigenvalue weighted by Crippen LogP contribution is 2.19. The van der Waals surface area contributed by atoms with E-state index < -0.39 is 72.7 Å². The molecule has 31 heavy (non-hydrogen) atoms. The van der Waals surface area contributed by atoms with Crippen molar-refractivity contribution in [2.75, 3.05) is 13.2 Å². The van der Waals surface area contributed by atoms with Gasteiger partial charge in [-0.15, -0.1) is 0 Å². The average molecular weight is 444 g/mol. The van der Waals surface area contributed by atoms with Gasteiger partial charge in [0.2, 0.25) is 29.5 Å². The van der Waals surface area contributed by atoms with Crippen LogP contribution in [0.3, 0.4) is 0 Å². The van der Waals surface area contributed by atoms with Gasteiger partial charge in [0.1, 0.15) is 24.2 Å². The minimum absolute atomic E-state index is 0.119. The molecule has 0 aromatic carbocycles. The van der Waals surface area contributed by atoms with E-state index in [9.17, 15) is 33.9 Å². The first kappa shape index (κ1) is 25.8. The third-order valence-corrected chi connectivity index (χ3v) is 4.69. The Hall–Kier alpha value is -3.26. The number of hydrogen-bond donors (Lipinski definition) is 7. The SMILES string of the molecule is NC(=O)CCC(NC(=O)C(N)CO)C(=O)NC(CC(N)=O)C(=O)N1CCCC1C(=O)O. The van der Waals surface area contributed by atoms with E-state index in [0.29, 0.717) is 6.42 Å². The van der Waals surface area contributed by atoms with Crippen molar-refractivity contribution in [3.05, 3.63) is 0 Å². The summed E-state index contributed by atoms with van der Waals surface area (Å²) in [4.78, 5) is 72.4. The van der Waals surface area contributed by atoms with Crippen molar-refractivity contribution >= 4 is 35.5 Å². The molecule has 4 unspecified atom stereocenters. The monoisotopic (exact) mass is 444 g/mol. The quantitative estimate of drug-likeness (QED) is 0.153. The summed E-state index contributed by atoms with van der Waals surface area (Å²) < 4.78 is 0. The fourth-order valence-electron chi connectivity index (χ4n) is 3.08. The largest absolute Gasteiger partial charge is 0.480 e. The van der Waals surface area contributed by atoms with Crippen LogP contribution in [-0.4, -0.2) is 87.9 Å². The zero-order valence-corrected chi connectivity index (χ0v) is 16.8. The maximum absolute atomic E-state index is 12.8. The summed E-state index contributed by atoms with van der Waals surface area (Å²) in [6, 6.07) is -5.29. The van der Waals surface area contributed by atoms with Gasteiger partial charge in [0.15, 0.2) is 0 Å². The van der Waals surface area contributed by atoms with Crippen molar-refractivity contribution in [2.45, 2.75) is 56.3 Å². The minimum Gasteiger partial charge on any atom is -0.480 e. The van der Waals surface area contributed by atoms with E-state index in [1.54, 1.807) is 0 Å². The predicted molar refractivity (Wildman–Crippen MR) is 104 cm³/mol. The zero-order valence-electron chi connectivity index (χ0n) is 16.8. The number of rotatable bonds is 12. The van der Waals surface area contributed by atoms with Crippen molar-refractivity contribution in [2.24, 2.45) is 17.2 Å². The summed E-state index contributed by atoms with van der Waals surface area (Å²) in [6.45, 7) is -0.585. The van der Waals surface area contributed by atoms with Gasteiger partial charge in [0.05, 0.1) is 13.0 Å². The number of nitrogens with zero attached hydrogens (tertiary/aromatic N) is 1. The van der Waals surface area contributed by atoms with Crippen LogP contribution < -0.4 is 27.8 Å². The molecule has 0 radical (unpaired) electrons. The number of likely N-dealkylation sites (tertiary alicyclic amines) is 1. The molecule has 1 heterocycles. The first-order valence-corrected chi connectivity index (χ1v) is 9.55. The van der Waals surface area contributed by atoms with Gasteiger partial charge in [-0.1, -0.05) is 0 Å². The van der Waals surface area contributed by atoms with E-state index in [4.69, 9.17) is 22.3 Å². The summed E-state index contributed by atoms with van der Waals surface area (Å²) in [5.41, 5.74) is 15.6. The van der Waals surface area contributed by atoms with E-state index >= 15 is 0 Å². The number of carboxylic acid groups (broad SMARTS) is 1. The van der Waals surface area contributed by atoms with Gasteiger partial charge in [-0.2, -0.15) is 0 Å². The number of amides is 5. The zero-order chi connectivity index (χ0) is 23.7. The lowest BCUT2D eigenvalue weighted by molar-refractivity contribution is -0.149. The Morgan fingerprint density at radius 2 is 1.61 bits per heavy atom. The molecule has 1 fully saturated rings.